The number of allylic oxidation sites excluding steroid dienone is 2. The number of carbonyl (C=O) groups excluding carboxylic acids is 1. The summed E-state index contributed by atoms with van der Waals surface area (Å²) in [7, 11) is 0. The van der Waals surface area contributed by atoms with Crippen molar-refractivity contribution in [2.45, 2.75) is 40.0 Å². The van der Waals surface area contributed by atoms with Gasteiger partial charge in [0.25, 0.3) is 0 Å². The Labute approximate surface area is 105 Å². The summed E-state index contributed by atoms with van der Waals surface area (Å²) in [5.74, 6) is 1.08. The second-order valence-electron chi connectivity index (χ2n) is 5.19. The molecule has 0 atom stereocenters. The molecule has 0 aliphatic heterocycles. The van der Waals surface area contributed by atoms with E-state index in [9.17, 15) is 4.79 Å². The lowest BCUT2D eigenvalue weighted by Gasteiger charge is -2.08. The highest BCUT2D eigenvalue weighted by molar-refractivity contribution is 6.06. The molecule has 0 unspecified atom stereocenters. The van der Waals surface area contributed by atoms with Gasteiger partial charge in [-0.3, -0.25) is 4.79 Å². The molecule has 0 heterocycles. The Kier molecular flexibility index (Phi) is 5.14. The molecule has 17 heavy (non-hydrogen) atoms. The molecule has 0 fully saturated rings. The van der Waals surface area contributed by atoms with Gasteiger partial charge in [-0.25, -0.2) is 0 Å². The first-order chi connectivity index (χ1) is 8.04. The maximum absolute atomic E-state index is 11.1. The van der Waals surface area contributed by atoms with Gasteiger partial charge in [-0.2, -0.15) is 0 Å². The zero-order valence-corrected chi connectivity index (χ0v) is 11.2. The second-order valence-corrected chi connectivity index (χ2v) is 5.19. The molecule has 0 aliphatic rings. The van der Waals surface area contributed by atoms with Crippen LogP contribution in [-0.4, -0.2) is 6.29 Å². The van der Waals surface area contributed by atoms with Gasteiger partial charge in [0.2, 0.25) is 0 Å². The first-order valence-corrected chi connectivity index (χ1v) is 6.30. The summed E-state index contributed by atoms with van der Waals surface area (Å²) in [4.78, 5) is 11.1. The fraction of sp³-hybridized carbons (Fsp3) is 0.438. The van der Waals surface area contributed by atoms with Gasteiger partial charge in [0.1, 0.15) is 6.29 Å². The molecule has 1 aromatic carbocycles. The Morgan fingerprint density at radius 2 is 1.94 bits per heavy atom. The number of aldehydes is 1. The minimum absolute atomic E-state index is 0.493. The van der Waals surface area contributed by atoms with Crippen LogP contribution in [0.5, 0.6) is 0 Å². The molecule has 0 aliphatic carbocycles. The maximum Gasteiger partial charge on any atom is 0.150 e. The average Bonchev–Trinajstić information content (AvgIpc) is 2.30. The van der Waals surface area contributed by atoms with Crippen molar-refractivity contribution < 1.29 is 4.79 Å². The van der Waals surface area contributed by atoms with E-state index in [-0.39, 0.29) is 0 Å². The summed E-state index contributed by atoms with van der Waals surface area (Å²) in [6.45, 7) is 8.64. The third kappa shape index (κ3) is 4.18. The molecule has 1 rings (SSSR count). The van der Waals surface area contributed by atoms with Gasteiger partial charge in [0, 0.05) is 5.57 Å². The molecule has 0 spiro atoms. The highest BCUT2D eigenvalue weighted by Gasteiger charge is 2.04. The van der Waals surface area contributed by atoms with Crippen LogP contribution in [0.3, 0.4) is 0 Å². The fourth-order valence-electron chi connectivity index (χ4n) is 1.67. The predicted octanol–water partition coefficient (Wildman–Crippen LogP) is 4.44. The van der Waals surface area contributed by atoms with Crippen LogP contribution in [0.25, 0.3) is 5.57 Å². The molecule has 0 aromatic heterocycles. The zero-order valence-electron chi connectivity index (χ0n) is 11.2. The lowest BCUT2D eigenvalue weighted by atomic mass is 9.96. The molecule has 0 saturated heterocycles. The van der Waals surface area contributed by atoms with Crippen LogP contribution in [0.4, 0.5) is 0 Å². The minimum Gasteiger partial charge on any atom is -0.298 e. The number of hydrogen-bond acceptors (Lipinski definition) is 1. The van der Waals surface area contributed by atoms with Gasteiger partial charge >= 0.3 is 0 Å². The minimum atomic E-state index is 0.493. The smallest absolute Gasteiger partial charge is 0.150 e. The standard InChI is InChI=1S/C16H22O/c1-12(2)8-9-16(11-17)15-7-5-6-14(10-15)13(3)4/h5-7,9-13H,8H2,1-4H3. The van der Waals surface area contributed by atoms with Gasteiger partial charge in [-0.15, -0.1) is 0 Å². The van der Waals surface area contributed by atoms with Crippen molar-refractivity contribution in [3.8, 4) is 0 Å². The lowest BCUT2D eigenvalue weighted by Crippen LogP contribution is -1.92. The van der Waals surface area contributed by atoms with Crippen molar-refractivity contribution in [1.29, 1.82) is 0 Å². The monoisotopic (exact) mass is 230 g/mol. The maximum atomic E-state index is 11.1. The van der Waals surface area contributed by atoms with Crippen molar-refractivity contribution in [2.24, 2.45) is 5.92 Å². The molecular weight excluding hydrogens is 208 g/mol. The van der Waals surface area contributed by atoms with Crippen LogP contribution in [0.1, 0.15) is 51.2 Å². The summed E-state index contributed by atoms with van der Waals surface area (Å²) in [6, 6.07) is 8.26. The van der Waals surface area contributed by atoms with Crippen LogP contribution in [-0.2, 0) is 4.79 Å². The summed E-state index contributed by atoms with van der Waals surface area (Å²) in [5.41, 5.74) is 3.12. The second kappa shape index (κ2) is 6.39. The summed E-state index contributed by atoms with van der Waals surface area (Å²) < 4.78 is 0. The molecule has 0 N–H and O–H groups in total. The normalized spacial score (nSPS) is 12.2. The van der Waals surface area contributed by atoms with Crippen molar-refractivity contribution in [3.05, 3.63) is 41.5 Å². The number of hydrogen-bond donors (Lipinski definition) is 0. The molecule has 1 aromatic rings. The van der Waals surface area contributed by atoms with Crippen LogP contribution in [0.2, 0.25) is 0 Å². The van der Waals surface area contributed by atoms with Gasteiger partial charge in [0.05, 0.1) is 0 Å². The molecule has 0 radical (unpaired) electrons. The molecule has 92 valence electrons. The van der Waals surface area contributed by atoms with Crippen molar-refractivity contribution in [2.75, 3.05) is 0 Å². The molecule has 1 nitrogen and oxygen atoms in total. The molecule has 0 amide bonds. The Balaban J connectivity index is 2.99. The number of benzene rings is 1. The number of rotatable bonds is 5. The highest BCUT2D eigenvalue weighted by Crippen LogP contribution is 2.20. The van der Waals surface area contributed by atoms with Crippen LogP contribution < -0.4 is 0 Å². The van der Waals surface area contributed by atoms with E-state index >= 15 is 0 Å². The van der Waals surface area contributed by atoms with E-state index < -0.39 is 0 Å². The van der Waals surface area contributed by atoms with E-state index in [0.29, 0.717) is 11.8 Å². The largest absolute Gasteiger partial charge is 0.298 e. The highest BCUT2D eigenvalue weighted by atomic mass is 16.1. The van der Waals surface area contributed by atoms with Crippen LogP contribution in [0, 0.1) is 5.92 Å². The Hall–Kier alpha value is -1.37. The van der Waals surface area contributed by atoms with Gasteiger partial charge in [-0.05, 0) is 29.4 Å². The summed E-state index contributed by atoms with van der Waals surface area (Å²) in [5, 5.41) is 0. The SMILES string of the molecule is CC(C)CC=C(C=O)c1cccc(C(C)C)c1. The predicted molar refractivity (Wildman–Crippen MR) is 74.0 cm³/mol. The van der Waals surface area contributed by atoms with Crippen molar-refractivity contribution in [1.82, 2.24) is 0 Å². The topological polar surface area (TPSA) is 17.1 Å². The lowest BCUT2D eigenvalue weighted by molar-refractivity contribution is -0.103. The summed E-state index contributed by atoms with van der Waals surface area (Å²) in [6.07, 6.45) is 3.94. The van der Waals surface area contributed by atoms with Gasteiger partial charge in [0.15, 0.2) is 0 Å². The van der Waals surface area contributed by atoms with Crippen molar-refractivity contribution in [3.63, 3.8) is 0 Å². The van der Waals surface area contributed by atoms with E-state index in [2.05, 4.69) is 39.8 Å². The van der Waals surface area contributed by atoms with Crippen LogP contribution >= 0.6 is 0 Å². The zero-order chi connectivity index (χ0) is 12.8. The van der Waals surface area contributed by atoms with E-state index in [1.54, 1.807) is 0 Å². The average molecular weight is 230 g/mol. The Morgan fingerprint density at radius 3 is 2.47 bits per heavy atom. The third-order valence-electron chi connectivity index (χ3n) is 2.82. The Morgan fingerprint density at radius 1 is 1.24 bits per heavy atom. The van der Waals surface area contributed by atoms with E-state index in [0.717, 1.165) is 23.8 Å². The molecule has 1 heteroatoms. The Bertz CT molecular complexity index is 400. The van der Waals surface area contributed by atoms with Crippen LogP contribution in [0.15, 0.2) is 30.3 Å². The fourth-order valence-corrected chi connectivity index (χ4v) is 1.67. The van der Waals surface area contributed by atoms with E-state index in [4.69, 9.17) is 0 Å². The van der Waals surface area contributed by atoms with Gasteiger partial charge in [-0.1, -0.05) is 58.0 Å². The van der Waals surface area contributed by atoms with E-state index in [1.165, 1.54) is 5.56 Å². The molecular formula is C16H22O. The third-order valence-corrected chi connectivity index (χ3v) is 2.82. The van der Waals surface area contributed by atoms with Gasteiger partial charge < -0.3 is 0 Å². The first kappa shape index (κ1) is 13.7. The molecule has 0 bridgehead atoms. The first-order valence-electron chi connectivity index (χ1n) is 6.30. The quantitative estimate of drug-likeness (QED) is 0.540. The van der Waals surface area contributed by atoms with E-state index in [1.807, 2.05) is 18.2 Å². The van der Waals surface area contributed by atoms with Crippen molar-refractivity contribution >= 4 is 11.9 Å². The summed E-state index contributed by atoms with van der Waals surface area (Å²) >= 11 is 0. The molecule has 0 saturated carbocycles. The number of carbonyl (C=O) groups is 1.